The standard InChI is InChI=1S/C17H26N4O/c1-13(21-10-8-16-15(12-21)11-19-20-16)17(22)18-9-7-14-5-3-2-4-6-14/h5,11,13H,2-4,6-10,12H2,1H3,(H,18,22)(H,19,20). The van der Waals surface area contributed by atoms with Crippen molar-refractivity contribution in [3.63, 3.8) is 0 Å². The Bertz CT molecular complexity index is 549. The second kappa shape index (κ2) is 7.09. The fourth-order valence-corrected chi connectivity index (χ4v) is 3.37. The summed E-state index contributed by atoms with van der Waals surface area (Å²) in [6.45, 7) is 4.49. The van der Waals surface area contributed by atoms with E-state index in [-0.39, 0.29) is 11.9 Å². The number of rotatable bonds is 5. The van der Waals surface area contributed by atoms with Gasteiger partial charge in [0.05, 0.1) is 12.2 Å². The summed E-state index contributed by atoms with van der Waals surface area (Å²) in [6.07, 6.45) is 11.2. The molecule has 1 unspecified atom stereocenters. The van der Waals surface area contributed by atoms with Gasteiger partial charge in [-0.2, -0.15) is 5.10 Å². The first kappa shape index (κ1) is 15.3. The molecule has 2 N–H and O–H groups in total. The fraction of sp³-hybridized carbons (Fsp3) is 0.647. The van der Waals surface area contributed by atoms with Gasteiger partial charge in [-0.05, 0) is 39.0 Å². The second-order valence-corrected chi connectivity index (χ2v) is 6.42. The average Bonchev–Trinajstić information content (AvgIpc) is 3.02. The highest BCUT2D eigenvalue weighted by molar-refractivity contribution is 5.81. The van der Waals surface area contributed by atoms with E-state index in [4.69, 9.17) is 0 Å². The molecule has 1 aliphatic heterocycles. The van der Waals surface area contributed by atoms with E-state index in [0.717, 1.165) is 32.5 Å². The predicted octanol–water partition coefficient (Wildman–Crippen LogP) is 2.16. The number of amides is 1. The highest BCUT2D eigenvalue weighted by Crippen LogP contribution is 2.20. The summed E-state index contributed by atoms with van der Waals surface area (Å²) < 4.78 is 0. The van der Waals surface area contributed by atoms with Gasteiger partial charge in [0.2, 0.25) is 5.91 Å². The van der Waals surface area contributed by atoms with Crippen LogP contribution in [0.15, 0.2) is 17.8 Å². The van der Waals surface area contributed by atoms with Crippen LogP contribution in [0.3, 0.4) is 0 Å². The van der Waals surface area contributed by atoms with Crippen molar-refractivity contribution in [2.45, 2.75) is 58.0 Å². The van der Waals surface area contributed by atoms with Crippen molar-refractivity contribution in [1.29, 1.82) is 0 Å². The average molecular weight is 302 g/mol. The summed E-state index contributed by atoms with van der Waals surface area (Å²) in [6, 6.07) is -0.0802. The lowest BCUT2D eigenvalue weighted by Crippen LogP contribution is -2.47. The van der Waals surface area contributed by atoms with Crippen molar-refractivity contribution in [1.82, 2.24) is 20.4 Å². The van der Waals surface area contributed by atoms with Gasteiger partial charge in [-0.15, -0.1) is 0 Å². The summed E-state index contributed by atoms with van der Waals surface area (Å²) in [5.74, 6) is 0.142. The van der Waals surface area contributed by atoms with E-state index in [1.54, 1.807) is 0 Å². The second-order valence-electron chi connectivity index (χ2n) is 6.42. The summed E-state index contributed by atoms with van der Waals surface area (Å²) in [7, 11) is 0. The molecule has 0 spiro atoms. The zero-order valence-corrected chi connectivity index (χ0v) is 13.4. The molecule has 1 aliphatic carbocycles. The maximum atomic E-state index is 12.3. The Morgan fingerprint density at radius 2 is 2.36 bits per heavy atom. The number of hydrogen-bond acceptors (Lipinski definition) is 3. The predicted molar refractivity (Wildman–Crippen MR) is 86.3 cm³/mol. The number of nitrogens with one attached hydrogen (secondary N) is 2. The van der Waals surface area contributed by atoms with Crippen molar-refractivity contribution in [2.75, 3.05) is 13.1 Å². The zero-order chi connectivity index (χ0) is 15.4. The number of hydrogen-bond donors (Lipinski definition) is 2. The van der Waals surface area contributed by atoms with Gasteiger partial charge < -0.3 is 5.32 Å². The molecule has 2 aliphatic rings. The molecule has 3 rings (SSSR count). The Morgan fingerprint density at radius 1 is 1.45 bits per heavy atom. The molecule has 1 atom stereocenters. The van der Waals surface area contributed by atoms with Gasteiger partial charge in [-0.25, -0.2) is 0 Å². The molecule has 0 bridgehead atoms. The quantitative estimate of drug-likeness (QED) is 0.819. The van der Waals surface area contributed by atoms with E-state index in [2.05, 4.69) is 26.5 Å². The lowest BCUT2D eigenvalue weighted by Gasteiger charge is -2.31. The summed E-state index contributed by atoms with van der Waals surface area (Å²) in [5.41, 5.74) is 3.95. The molecule has 0 saturated heterocycles. The summed E-state index contributed by atoms with van der Waals surface area (Å²) >= 11 is 0. The lowest BCUT2D eigenvalue weighted by atomic mass is 9.97. The van der Waals surface area contributed by atoms with Gasteiger partial charge >= 0.3 is 0 Å². The number of nitrogens with zero attached hydrogens (tertiary/aromatic N) is 2. The molecule has 0 radical (unpaired) electrons. The molecule has 1 aromatic heterocycles. The molecule has 5 nitrogen and oxygen atoms in total. The maximum absolute atomic E-state index is 12.3. The molecule has 5 heteroatoms. The van der Waals surface area contributed by atoms with Crippen LogP contribution >= 0.6 is 0 Å². The molecule has 120 valence electrons. The summed E-state index contributed by atoms with van der Waals surface area (Å²) in [5, 5.41) is 10.2. The first-order chi connectivity index (χ1) is 10.7. The van der Waals surface area contributed by atoms with Gasteiger partial charge in [-0.3, -0.25) is 14.8 Å². The number of aromatic nitrogens is 2. The van der Waals surface area contributed by atoms with Crippen molar-refractivity contribution in [3.05, 3.63) is 29.1 Å². The van der Waals surface area contributed by atoms with Crippen molar-refractivity contribution >= 4 is 5.91 Å². The molecule has 0 aromatic carbocycles. The van der Waals surface area contributed by atoms with Crippen molar-refractivity contribution in [2.24, 2.45) is 0 Å². The highest BCUT2D eigenvalue weighted by Gasteiger charge is 2.25. The number of carbonyl (C=O) groups is 1. The SMILES string of the molecule is CC(C(=O)NCCC1=CCCCC1)N1CCc2[nH]ncc2C1. The molecule has 22 heavy (non-hydrogen) atoms. The Balaban J connectivity index is 1.45. The Morgan fingerprint density at radius 3 is 3.18 bits per heavy atom. The van der Waals surface area contributed by atoms with E-state index >= 15 is 0 Å². The third-order valence-electron chi connectivity index (χ3n) is 4.89. The minimum absolute atomic E-state index is 0.0802. The van der Waals surface area contributed by atoms with E-state index < -0.39 is 0 Å². The van der Waals surface area contributed by atoms with E-state index in [1.807, 2.05) is 13.1 Å². The summed E-state index contributed by atoms with van der Waals surface area (Å²) in [4.78, 5) is 14.6. The minimum Gasteiger partial charge on any atom is -0.354 e. The molecule has 1 aromatic rings. The van der Waals surface area contributed by atoms with Crippen LogP contribution in [0.25, 0.3) is 0 Å². The van der Waals surface area contributed by atoms with Gasteiger partial charge in [0.25, 0.3) is 0 Å². The molecule has 2 heterocycles. The van der Waals surface area contributed by atoms with Gasteiger partial charge in [0.15, 0.2) is 0 Å². The fourth-order valence-electron chi connectivity index (χ4n) is 3.37. The van der Waals surface area contributed by atoms with Crippen LogP contribution in [0.2, 0.25) is 0 Å². The normalized spacial score (nSPS) is 20.1. The highest BCUT2D eigenvalue weighted by atomic mass is 16.2. The first-order valence-electron chi connectivity index (χ1n) is 8.45. The molecular formula is C17H26N4O. The number of allylic oxidation sites excluding steroid dienone is 1. The zero-order valence-electron chi connectivity index (χ0n) is 13.4. The number of carbonyl (C=O) groups excluding carboxylic acids is 1. The lowest BCUT2D eigenvalue weighted by molar-refractivity contribution is -0.126. The topological polar surface area (TPSA) is 61.0 Å². The minimum atomic E-state index is -0.0802. The van der Waals surface area contributed by atoms with Crippen LogP contribution in [0.4, 0.5) is 0 Å². The molecular weight excluding hydrogens is 276 g/mol. The number of aromatic amines is 1. The van der Waals surface area contributed by atoms with Gasteiger partial charge in [-0.1, -0.05) is 11.6 Å². The van der Waals surface area contributed by atoms with Crippen molar-refractivity contribution in [3.8, 4) is 0 Å². The van der Waals surface area contributed by atoms with Crippen LogP contribution in [0.1, 0.15) is 50.3 Å². The van der Waals surface area contributed by atoms with Crippen LogP contribution in [0, 0.1) is 0 Å². The van der Waals surface area contributed by atoms with Gasteiger partial charge in [0, 0.05) is 37.3 Å². The molecule has 0 fully saturated rings. The molecule has 1 amide bonds. The van der Waals surface area contributed by atoms with Crippen LogP contribution in [-0.4, -0.2) is 40.1 Å². The smallest absolute Gasteiger partial charge is 0.237 e. The number of fused-ring (bicyclic) bond motifs is 1. The van der Waals surface area contributed by atoms with E-state index in [1.165, 1.54) is 42.5 Å². The largest absolute Gasteiger partial charge is 0.354 e. The van der Waals surface area contributed by atoms with E-state index in [0.29, 0.717) is 0 Å². The van der Waals surface area contributed by atoms with Crippen molar-refractivity contribution < 1.29 is 4.79 Å². The Kier molecular flexibility index (Phi) is 4.93. The Hall–Kier alpha value is -1.62. The van der Waals surface area contributed by atoms with Crippen LogP contribution in [0.5, 0.6) is 0 Å². The third-order valence-corrected chi connectivity index (χ3v) is 4.89. The Labute approximate surface area is 132 Å². The van der Waals surface area contributed by atoms with Crippen LogP contribution < -0.4 is 5.32 Å². The maximum Gasteiger partial charge on any atom is 0.237 e. The third kappa shape index (κ3) is 3.58. The van der Waals surface area contributed by atoms with E-state index in [9.17, 15) is 4.79 Å². The number of H-pyrrole nitrogens is 1. The first-order valence-corrected chi connectivity index (χ1v) is 8.45. The monoisotopic (exact) mass is 302 g/mol. The van der Waals surface area contributed by atoms with Gasteiger partial charge in [0.1, 0.15) is 0 Å². The van der Waals surface area contributed by atoms with Crippen LogP contribution in [-0.2, 0) is 17.8 Å². The molecule has 0 saturated carbocycles.